The molecule has 0 aliphatic carbocycles. The minimum atomic E-state index is -4.07. The second-order valence-corrected chi connectivity index (χ2v) is 10.2. The second kappa shape index (κ2) is 8.20. The lowest BCUT2D eigenvalue weighted by Crippen LogP contribution is -2.43. The van der Waals surface area contributed by atoms with Gasteiger partial charge in [-0.2, -0.15) is 0 Å². The Morgan fingerprint density at radius 1 is 1.03 bits per heavy atom. The van der Waals surface area contributed by atoms with E-state index in [0.29, 0.717) is 17.7 Å². The predicted octanol–water partition coefficient (Wildman–Crippen LogP) is 4.67. The van der Waals surface area contributed by atoms with E-state index in [1.54, 1.807) is 29.2 Å². The Labute approximate surface area is 196 Å². The van der Waals surface area contributed by atoms with Crippen LogP contribution in [-0.2, 0) is 23.0 Å². The Balaban J connectivity index is 1.38. The molecule has 7 nitrogen and oxygen atoms in total. The summed E-state index contributed by atoms with van der Waals surface area (Å²) in [5, 5.41) is 2.84. The number of hydrogen-bond acceptors (Lipinski definition) is 4. The number of nitrogens with zero attached hydrogens (tertiary/aromatic N) is 2. The van der Waals surface area contributed by atoms with Crippen molar-refractivity contribution in [2.75, 3.05) is 16.8 Å². The number of anilines is 2. The van der Waals surface area contributed by atoms with E-state index in [4.69, 9.17) is 11.6 Å². The van der Waals surface area contributed by atoms with Crippen molar-refractivity contribution < 1.29 is 18.0 Å². The summed E-state index contributed by atoms with van der Waals surface area (Å²) in [5.74, 6) is -0.111. The average Bonchev–Trinajstić information content (AvgIpc) is 2.82. The molecule has 0 radical (unpaired) electrons. The molecule has 3 aromatic rings. The summed E-state index contributed by atoms with van der Waals surface area (Å²) in [4.78, 5) is 27.4. The average molecular weight is 482 g/mol. The summed E-state index contributed by atoms with van der Waals surface area (Å²) >= 11 is 5.96. The van der Waals surface area contributed by atoms with Crippen LogP contribution in [0.3, 0.4) is 0 Å². The van der Waals surface area contributed by atoms with Crippen LogP contribution in [0.15, 0.2) is 71.6 Å². The highest BCUT2D eigenvalue weighted by Gasteiger charge is 2.36. The van der Waals surface area contributed by atoms with E-state index in [2.05, 4.69) is 5.32 Å². The number of para-hydroxylation sites is 1. The van der Waals surface area contributed by atoms with Gasteiger partial charge in [-0.3, -0.25) is 4.79 Å². The molecule has 0 atom stereocenters. The highest BCUT2D eigenvalue weighted by Crippen LogP contribution is 2.33. The van der Waals surface area contributed by atoms with Gasteiger partial charge in [0.15, 0.2) is 0 Å². The van der Waals surface area contributed by atoms with Gasteiger partial charge in [0.25, 0.3) is 15.9 Å². The quantitative estimate of drug-likeness (QED) is 0.589. The lowest BCUT2D eigenvalue weighted by atomic mass is 10.0. The number of carbonyl (C=O) groups is 2. The number of sulfonamides is 1. The van der Waals surface area contributed by atoms with Gasteiger partial charge in [0.2, 0.25) is 0 Å². The summed E-state index contributed by atoms with van der Waals surface area (Å²) in [7, 11) is -4.07. The van der Waals surface area contributed by atoms with E-state index in [1.807, 2.05) is 24.3 Å². The number of aryl methyl sites for hydroxylation is 1. The third-order valence-corrected chi connectivity index (χ3v) is 7.87. The number of hydrogen-bond donors (Lipinski definition) is 1. The highest BCUT2D eigenvalue weighted by molar-refractivity contribution is 7.90. The number of halogens is 1. The molecule has 0 aromatic heterocycles. The number of urea groups is 1. The molecule has 0 saturated heterocycles. The molecule has 5 rings (SSSR count). The second-order valence-electron chi connectivity index (χ2n) is 7.97. The van der Waals surface area contributed by atoms with Gasteiger partial charge in [-0.1, -0.05) is 41.9 Å². The van der Waals surface area contributed by atoms with E-state index < -0.39 is 16.1 Å². The Kier molecular flexibility index (Phi) is 5.34. The van der Waals surface area contributed by atoms with E-state index in [1.165, 1.54) is 18.2 Å². The number of amides is 3. The van der Waals surface area contributed by atoms with Gasteiger partial charge < -0.3 is 10.2 Å². The number of rotatable bonds is 3. The van der Waals surface area contributed by atoms with E-state index >= 15 is 0 Å². The van der Waals surface area contributed by atoms with Gasteiger partial charge in [-0.05, 0) is 60.4 Å². The maximum absolute atomic E-state index is 13.1. The standard InChI is InChI=1S/C24H20ClN3O4S/c25-19-11-12-20-22(14-19)33(31,32)28(24(30)26-20)15-16-7-9-18(10-8-16)23(29)27-13-3-5-17-4-1-2-6-21(17)27/h1-2,4,6-12,14H,3,5,13,15H2,(H,26,30). The van der Waals surface area contributed by atoms with Gasteiger partial charge in [0.05, 0.1) is 12.2 Å². The minimum absolute atomic E-state index is 0.0508. The van der Waals surface area contributed by atoms with Crippen molar-refractivity contribution >= 4 is 44.9 Å². The third kappa shape index (κ3) is 3.85. The Bertz CT molecular complexity index is 1370. The van der Waals surface area contributed by atoms with E-state index in [9.17, 15) is 18.0 Å². The number of benzene rings is 3. The molecule has 33 heavy (non-hydrogen) atoms. The largest absolute Gasteiger partial charge is 0.336 e. The van der Waals surface area contributed by atoms with Crippen molar-refractivity contribution in [3.05, 3.63) is 88.4 Å². The fraction of sp³-hybridized carbons (Fsp3) is 0.167. The number of fused-ring (bicyclic) bond motifs is 2. The minimum Gasteiger partial charge on any atom is -0.308 e. The third-order valence-electron chi connectivity index (χ3n) is 5.86. The maximum Gasteiger partial charge on any atom is 0.336 e. The van der Waals surface area contributed by atoms with Gasteiger partial charge in [0, 0.05) is 22.8 Å². The van der Waals surface area contributed by atoms with Gasteiger partial charge in [0.1, 0.15) is 4.90 Å². The van der Waals surface area contributed by atoms with Crippen LogP contribution in [0.2, 0.25) is 5.02 Å². The summed E-state index contributed by atoms with van der Waals surface area (Å²) in [5.41, 5.74) is 3.35. The molecule has 1 N–H and O–H groups in total. The summed E-state index contributed by atoms with van der Waals surface area (Å²) in [6.45, 7) is 0.479. The van der Waals surface area contributed by atoms with Crippen LogP contribution in [-0.4, -0.2) is 31.2 Å². The topological polar surface area (TPSA) is 86.8 Å². The molecule has 9 heteroatoms. The SMILES string of the molecule is O=C(c1ccc(CN2C(=O)Nc3ccc(Cl)cc3S2(=O)=O)cc1)N1CCCc2ccccc21. The predicted molar refractivity (Wildman–Crippen MR) is 126 cm³/mol. The summed E-state index contributed by atoms with van der Waals surface area (Å²) in [6.07, 6.45) is 1.84. The van der Waals surface area contributed by atoms with Crippen molar-refractivity contribution in [3.8, 4) is 0 Å². The lowest BCUT2D eigenvalue weighted by Gasteiger charge is -2.30. The van der Waals surface area contributed by atoms with Crippen LogP contribution in [0.5, 0.6) is 0 Å². The van der Waals surface area contributed by atoms with Crippen molar-refractivity contribution in [1.82, 2.24) is 4.31 Å². The van der Waals surface area contributed by atoms with Crippen LogP contribution < -0.4 is 10.2 Å². The summed E-state index contributed by atoms with van der Waals surface area (Å²) in [6, 6.07) is 18.1. The zero-order valence-electron chi connectivity index (χ0n) is 17.5. The molecular formula is C24H20ClN3O4S. The monoisotopic (exact) mass is 481 g/mol. The molecule has 0 unspecified atom stereocenters. The molecule has 0 bridgehead atoms. The molecule has 2 heterocycles. The first-order valence-corrected chi connectivity index (χ1v) is 12.3. The van der Waals surface area contributed by atoms with E-state index in [0.717, 1.165) is 28.4 Å². The molecule has 2 aliphatic heterocycles. The molecule has 3 aromatic carbocycles. The van der Waals surface area contributed by atoms with Crippen molar-refractivity contribution in [2.45, 2.75) is 24.3 Å². The maximum atomic E-state index is 13.1. The molecule has 0 spiro atoms. The first-order chi connectivity index (χ1) is 15.8. The molecule has 0 saturated carbocycles. The van der Waals surface area contributed by atoms with Crippen LogP contribution in [0.4, 0.5) is 16.2 Å². The van der Waals surface area contributed by atoms with Crippen molar-refractivity contribution in [2.24, 2.45) is 0 Å². The van der Waals surface area contributed by atoms with Crippen LogP contribution in [0, 0.1) is 0 Å². The Morgan fingerprint density at radius 3 is 2.58 bits per heavy atom. The van der Waals surface area contributed by atoms with Crippen LogP contribution in [0.1, 0.15) is 27.9 Å². The van der Waals surface area contributed by atoms with Gasteiger partial charge in [-0.25, -0.2) is 17.5 Å². The smallest absolute Gasteiger partial charge is 0.308 e. The van der Waals surface area contributed by atoms with Crippen molar-refractivity contribution in [1.29, 1.82) is 0 Å². The highest BCUT2D eigenvalue weighted by atomic mass is 35.5. The first-order valence-electron chi connectivity index (χ1n) is 10.5. The fourth-order valence-corrected chi connectivity index (χ4v) is 5.92. The Hall–Kier alpha value is -3.36. The van der Waals surface area contributed by atoms with Gasteiger partial charge >= 0.3 is 6.03 Å². The lowest BCUT2D eigenvalue weighted by molar-refractivity contribution is 0.0985. The summed E-state index contributed by atoms with van der Waals surface area (Å²) < 4.78 is 26.8. The fourth-order valence-electron chi connectivity index (χ4n) is 4.19. The Morgan fingerprint density at radius 2 is 1.79 bits per heavy atom. The molecule has 168 valence electrons. The molecule has 3 amide bonds. The van der Waals surface area contributed by atoms with Gasteiger partial charge in [-0.15, -0.1) is 0 Å². The molecular weight excluding hydrogens is 462 g/mol. The zero-order valence-corrected chi connectivity index (χ0v) is 19.1. The molecule has 0 fully saturated rings. The van der Waals surface area contributed by atoms with Crippen LogP contribution >= 0.6 is 11.6 Å². The van der Waals surface area contributed by atoms with E-state index in [-0.39, 0.29) is 28.1 Å². The number of nitrogens with one attached hydrogen (secondary N) is 1. The normalized spacial score (nSPS) is 16.6. The first kappa shape index (κ1) is 21.5. The van der Waals surface area contributed by atoms with Crippen LogP contribution in [0.25, 0.3) is 0 Å². The number of carbonyl (C=O) groups excluding carboxylic acids is 2. The molecule has 2 aliphatic rings. The zero-order chi connectivity index (χ0) is 23.2. The van der Waals surface area contributed by atoms with Crippen molar-refractivity contribution in [3.63, 3.8) is 0 Å².